The topological polar surface area (TPSA) is 70.9 Å². The van der Waals surface area contributed by atoms with E-state index in [9.17, 15) is 14.7 Å². The van der Waals surface area contributed by atoms with Gasteiger partial charge in [0, 0.05) is 30.3 Å². The standard InChI is InChI=1S/C15H19NO4/c1-20-13-4-2-3-12(9-13)14(17)10-16-7-5-11(6-8-16)15(18)19/h2-4,9,11H,5-8,10H2,1H3,(H,18,19). The number of hydrogen-bond acceptors (Lipinski definition) is 4. The van der Waals surface area contributed by atoms with Crippen LogP contribution in [0.25, 0.3) is 0 Å². The van der Waals surface area contributed by atoms with Crippen LogP contribution in [0.5, 0.6) is 5.75 Å². The first-order valence-corrected chi connectivity index (χ1v) is 6.82. The normalized spacial score (nSPS) is 22.2. The minimum atomic E-state index is -0.969. The summed E-state index contributed by atoms with van der Waals surface area (Å²) in [5.41, 5.74) is 0.638. The van der Waals surface area contributed by atoms with E-state index in [2.05, 4.69) is 0 Å². The fraction of sp³-hybridized carbons (Fsp3) is 0.467. The zero-order valence-corrected chi connectivity index (χ0v) is 11.6. The van der Waals surface area contributed by atoms with Gasteiger partial charge in [-0.25, -0.2) is 0 Å². The fourth-order valence-electron chi connectivity index (χ4n) is 2.56. The van der Waals surface area contributed by atoms with Crippen molar-refractivity contribution in [2.45, 2.75) is 12.8 Å². The molecule has 1 saturated heterocycles. The number of carbonyl (C=O) groups excluding carboxylic acids is 2. The van der Waals surface area contributed by atoms with E-state index in [1.807, 2.05) is 0 Å². The van der Waals surface area contributed by atoms with E-state index in [0.717, 1.165) is 4.90 Å². The SMILES string of the molecule is COc1cccc(C(=O)C[NH+]2CCC(C(=O)[O-])CC2)c1. The van der Waals surface area contributed by atoms with Crippen molar-refractivity contribution in [3.05, 3.63) is 29.8 Å². The van der Waals surface area contributed by atoms with Crippen LogP contribution in [0.15, 0.2) is 24.3 Å². The van der Waals surface area contributed by atoms with Crippen molar-refractivity contribution in [3.8, 4) is 5.75 Å². The molecule has 0 unspecified atom stereocenters. The van der Waals surface area contributed by atoms with Crippen molar-refractivity contribution in [1.29, 1.82) is 0 Å². The minimum Gasteiger partial charge on any atom is -0.550 e. The number of piperidine rings is 1. The van der Waals surface area contributed by atoms with Gasteiger partial charge in [0.05, 0.1) is 20.2 Å². The average molecular weight is 277 g/mol. The van der Waals surface area contributed by atoms with E-state index in [1.54, 1.807) is 31.4 Å². The van der Waals surface area contributed by atoms with E-state index < -0.39 is 5.97 Å². The molecule has 0 aliphatic carbocycles. The molecule has 1 aliphatic rings. The molecule has 1 N–H and O–H groups in total. The average Bonchev–Trinajstić information content (AvgIpc) is 2.47. The monoisotopic (exact) mass is 277 g/mol. The molecular weight excluding hydrogens is 258 g/mol. The Morgan fingerprint density at radius 3 is 2.65 bits per heavy atom. The molecule has 1 aliphatic heterocycles. The number of hydrogen-bond donors (Lipinski definition) is 1. The number of carboxylic acid groups (broad SMARTS) is 1. The highest BCUT2D eigenvalue weighted by Crippen LogP contribution is 2.13. The number of benzene rings is 1. The van der Waals surface area contributed by atoms with Crippen LogP contribution in [0.1, 0.15) is 23.2 Å². The Kier molecular flexibility index (Phi) is 4.74. The number of rotatable bonds is 5. The summed E-state index contributed by atoms with van der Waals surface area (Å²) < 4.78 is 5.10. The van der Waals surface area contributed by atoms with Crippen molar-refractivity contribution in [2.24, 2.45) is 5.92 Å². The van der Waals surface area contributed by atoms with Crippen LogP contribution in [0, 0.1) is 5.92 Å². The molecule has 108 valence electrons. The third-order valence-corrected chi connectivity index (χ3v) is 3.83. The van der Waals surface area contributed by atoms with Gasteiger partial charge in [-0.1, -0.05) is 12.1 Å². The number of ether oxygens (including phenoxy) is 1. The number of aliphatic carboxylic acids is 1. The van der Waals surface area contributed by atoms with E-state index in [-0.39, 0.29) is 11.7 Å². The number of carbonyl (C=O) groups is 2. The molecule has 0 bridgehead atoms. The molecule has 1 aromatic carbocycles. The van der Waals surface area contributed by atoms with Crippen LogP contribution >= 0.6 is 0 Å². The van der Waals surface area contributed by atoms with Crippen molar-refractivity contribution in [1.82, 2.24) is 0 Å². The molecule has 0 aromatic heterocycles. The van der Waals surface area contributed by atoms with E-state index in [0.29, 0.717) is 43.8 Å². The van der Waals surface area contributed by atoms with Crippen molar-refractivity contribution >= 4 is 11.8 Å². The molecule has 2 rings (SSSR count). The molecule has 0 radical (unpaired) electrons. The zero-order chi connectivity index (χ0) is 14.5. The maximum absolute atomic E-state index is 12.2. The van der Waals surface area contributed by atoms with Crippen LogP contribution in [-0.2, 0) is 4.79 Å². The lowest BCUT2D eigenvalue weighted by Gasteiger charge is -2.29. The molecule has 1 heterocycles. The number of nitrogens with one attached hydrogen (secondary N) is 1. The summed E-state index contributed by atoms with van der Waals surface area (Å²) in [6.07, 6.45) is 1.17. The van der Waals surface area contributed by atoms with Gasteiger partial charge >= 0.3 is 0 Å². The third kappa shape index (κ3) is 3.57. The van der Waals surface area contributed by atoms with Crippen molar-refractivity contribution in [3.63, 3.8) is 0 Å². The van der Waals surface area contributed by atoms with Gasteiger partial charge in [0.15, 0.2) is 0 Å². The molecule has 5 heteroatoms. The quantitative estimate of drug-likeness (QED) is 0.695. The van der Waals surface area contributed by atoms with Crippen LogP contribution in [0.3, 0.4) is 0 Å². The van der Waals surface area contributed by atoms with Gasteiger partial charge in [0.2, 0.25) is 5.78 Å². The first kappa shape index (κ1) is 14.5. The van der Waals surface area contributed by atoms with Gasteiger partial charge in [-0.2, -0.15) is 0 Å². The summed E-state index contributed by atoms with van der Waals surface area (Å²) in [6, 6.07) is 7.10. The van der Waals surface area contributed by atoms with Gasteiger partial charge in [0.1, 0.15) is 12.3 Å². The summed E-state index contributed by atoms with van der Waals surface area (Å²) in [4.78, 5) is 24.1. The highest BCUT2D eigenvalue weighted by atomic mass is 16.5. The van der Waals surface area contributed by atoms with Gasteiger partial charge in [-0.15, -0.1) is 0 Å². The maximum Gasteiger partial charge on any atom is 0.216 e. The second kappa shape index (κ2) is 6.52. The second-order valence-corrected chi connectivity index (χ2v) is 5.18. The van der Waals surface area contributed by atoms with Crippen LogP contribution in [0.4, 0.5) is 0 Å². The molecule has 0 amide bonds. The Balaban J connectivity index is 1.90. The smallest absolute Gasteiger partial charge is 0.216 e. The zero-order valence-electron chi connectivity index (χ0n) is 11.6. The minimum absolute atomic E-state index is 0.0609. The van der Waals surface area contributed by atoms with E-state index in [4.69, 9.17) is 4.74 Å². The van der Waals surface area contributed by atoms with Gasteiger partial charge in [-0.05, 0) is 12.1 Å². The van der Waals surface area contributed by atoms with Gasteiger partial charge in [0.25, 0.3) is 0 Å². The Morgan fingerprint density at radius 2 is 2.05 bits per heavy atom. The molecule has 1 aromatic rings. The Hall–Kier alpha value is -1.88. The lowest BCUT2D eigenvalue weighted by molar-refractivity contribution is -0.897. The predicted octanol–water partition coefficient (Wildman–Crippen LogP) is -1.08. The number of Topliss-reactive ketones (excluding diaryl/α,β-unsaturated/α-hetero) is 1. The largest absolute Gasteiger partial charge is 0.550 e. The van der Waals surface area contributed by atoms with Crippen LogP contribution in [-0.4, -0.2) is 38.5 Å². The summed E-state index contributed by atoms with van der Waals surface area (Å²) in [6.45, 7) is 1.80. The molecule has 5 nitrogen and oxygen atoms in total. The number of ketones is 1. The highest BCUT2D eigenvalue weighted by molar-refractivity contribution is 5.97. The van der Waals surface area contributed by atoms with Crippen LogP contribution in [0.2, 0.25) is 0 Å². The second-order valence-electron chi connectivity index (χ2n) is 5.18. The first-order valence-electron chi connectivity index (χ1n) is 6.82. The lowest BCUT2D eigenvalue weighted by Crippen LogP contribution is -3.14. The number of quaternary nitrogens is 1. The molecule has 1 fully saturated rings. The van der Waals surface area contributed by atoms with Gasteiger partial charge < -0.3 is 19.5 Å². The molecule has 0 spiro atoms. The Bertz CT molecular complexity index is 492. The van der Waals surface area contributed by atoms with E-state index in [1.165, 1.54) is 0 Å². The third-order valence-electron chi connectivity index (χ3n) is 3.83. The number of methoxy groups -OCH3 is 1. The molecule has 20 heavy (non-hydrogen) atoms. The predicted molar refractivity (Wildman–Crippen MR) is 70.6 cm³/mol. The molecular formula is C15H19NO4. The van der Waals surface area contributed by atoms with Crippen LogP contribution < -0.4 is 14.7 Å². The summed E-state index contributed by atoms with van der Waals surface area (Å²) in [5, 5.41) is 10.8. The summed E-state index contributed by atoms with van der Waals surface area (Å²) >= 11 is 0. The summed E-state index contributed by atoms with van der Waals surface area (Å²) in [7, 11) is 1.57. The Morgan fingerprint density at radius 1 is 1.35 bits per heavy atom. The van der Waals surface area contributed by atoms with Crippen molar-refractivity contribution < 1.29 is 24.3 Å². The first-order chi connectivity index (χ1) is 9.60. The van der Waals surface area contributed by atoms with E-state index >= 15 is 0 Å². The number of carboxylic acids is 1. The summed E-state index contributed by atoms with van der Waals surface area (Å²) in [5.74, 6) is -0.596. The van der Waals surface area contributed by atoms with Gasteiger partial charge in [-0.3, -0.25) is 4.79 Å². The highest BCUT2D eigenvalue weighted by Gasteiger charge is 2.24. The lowest BCUT2D eigenvalue weighted by atomic mass is 9.97. The molecule has 0 saturated carbocycles. The molecule has 0 atom stereocenters. The maximum atomic E-state index is 12.2. The van der Waals surface area contributed by atoms with Crippen molar-refractivity contribution in [2.75, 3.05) is 26.7 Å². The Labute approximate surface area is 118 Å². The number of likely N-dealkylation sites (tertiary alicyclic amines) is 1. The fourth-order valence-corrected chi connectivity index (χ4v) is 2.56.